The minimum Gasteiger partial charge on any atom is -0.396 e. The minimum atomic E-state index is -0.683. The average molecular weight is 376 g/mol. The van der Waals surface area contributed by atoms with Gasteiger partial charge >= 0.3 is 0 Å². The van der Waals surface area contributed by atoms with E-state index in [-0.39, 0.29) is 18.4 Å². The first-order valence-corrected chi connectivity index (χ1v) is 9.80. The van der Waals surface area contributed by atoms with Crippen molar-refractivity contribution in [2.45, 2.75) is 55.7 Å². The highest BCUT2D eigenvalue weighted by Crippen LogP contribution is 2.38. The summed E-state index contributed by atoms with van der Waals surface area (Å²) >= 11 is 1.85. The first-order valence-electron chi connectivity index (χ1n) is 8.92. The molecule has 0 bridgehead atoms. The molecule has 1 atom stereocenters. The zero-order valence-electron chi connectivity index (χ0n) is 15.5. The van der Waals surface area contributed by atoms with Crippen LogP contribution in [-0.2, 0) is 4.79 Å². The van der Waals surface area contributed by atoms with Gasteiger partial charge in [-0.25, -0.2) is 0 Å². The van der Waals surface area contributed by atoms with E-state index < -0.39 is 5.91 Å². The molecule has 0 radical (unpaired) electrons. The number of primary amides is 1. The Morgan fingerprint density at radius 3 is 2.58 bits per heavy atom. The van der Waals surface area contributed by atoms with Gasteiger partial charge in [-0.1, -0.05) is 25.1 Å². The van der Waals surface area contributed by atoms with Gasteiger partial charge in [-0.3, -0.25) is 15.2 Å². The minimum absolute atomic E-state index is 0.127. The number of thioether (sulfide) groups is 1. The van der Waals surface area contributed by atoms with Crippen molar-refractivity contribution >= 4 is 29.6 Å². The highest BCUT2D eigenvalue weighted by Gasteiger charge is 2.22. The highest BCUT2D eigenvalue weighted by molar-refractivity contribution is 8.00. The number of nitrogens with one attached hydrogen (secondary N) is 1. The van der Waals surface area contributed by atoms with Gasteiger partial charge in [0.25, 0.3) is 5.91 Å². The molecule has 1 unspecified atom stereocenters. The molecule has 0 heterocycles. The van der Waals surface area contributed by atoms with Gasteiger partial charge in [0.2, 0.25) is 0 Å². The van der Waals surface area contributed by atoms with E-state index in [0.29, 0.717) is 5.56 Å². The molecule has 4 N–H and O–H groups in total. The largest absolute Gasteiger partial charge is 0.396 e. The number of carbonyl (C=O) groups excluding carboxylic acids is 1. The van der Waals surface area contributed by atoms with Crippen molar-refractivity contribution in [1.29, 1.82) is 5.41 Å². The van der Waals surface area contributed by atoms with E-state index in [2.05, 4.69) is 18.0 Å². The lowest BCUT2D eigenvalue weighted by Gasteiger charge is -2.02. The van der Waals surface area contributed by atoms with Crippen molar-refractivity contribution in [1.82, 2.24) is 0 Å². The molecule has 1 aliphatic carbocycles. The summed E-state index contributed by atoms with van der Waals surface area (Å²) in [6.07, 6.45) is 10.2. The number of aliphatic hydroxyl groups excluding tert-OH is 1. The molecule has 1 fully saturated rings. The molecule has 0 saturated heterocycles. The Morgan fingerprint density at radius 2 is 2.08 bits per heavy atom. The molecule has 0 aromatic heterocycles. The Bertz CT molecular complexity index is 622. The maximum Gasteiger partial charge on any atom is 0.267 e. The molecule has 0 spiro atoms. The average Bonchev–Trinajstić information content (AvgIpc) is 3.43. The van der Waals surface area contributed by atoms with Crippen LogP contribution in [-0.4, -0.2) is 40.8 Å². The highest BCUT2D eigenvalue weighted by atomic mass is 32.2. The van der Waals surface area contributed by atoms with Gasteiger partial charge in [0.15, 0.2) is 0 Å². The number of nitrogens with two attached hydrogens (primary N) is 1. The Hall–Kier alpha value is -1.92. The second-order valence-electron chi connectivity index (χ2n) is 6.08. The fourth-order valence-corrected chi connectivity index (χ4v) is 2.93. The van der Waals surface area contributed by atoms with Crippen molar-refractivity contribution in [2.75, 3.05) is 6.61 Å². The molecule has 5 nitrogen and oxygen atoms in total. The van der Waals surface area contributed by atoms with E-state index >= 15 is 0 Å². The second kappa shape index (κ2) is 12.4. The Balaban J connectivity index is 0.000000276. The summed E-state index contributed by atoms with van der Waals surface area (Å²) in [5.74, 6) is -0.683. The smallest absolute Gasteiger partial charge is 0.267 e. The zero-order valence-corrected chi connectivity index (χ0v) is 16.3. The third-order valence-electron chi connectivity index (χ3n) is 3.56. The molecule has 1 aliphatic rings. The topological polar surface area (TPSA) is 99.5 Å². The fourth-order valence-electron chi connectivity index (χ4n) is 1.88. The summed E-state index contributed by atoms with van der Waals surface area (Å²) in [4.78, 5) is 16.1. The lowest BCUT2D eigenvalue weighted by atomic mass is 10.1. The number of allylic oxidation sites excluding steroid dienone is 2. The van der Waals surface area contributed by atoms with Crippen LogP contribution in [0.5, 0.6) is 0 Å². The first kappa shape index (κ1) is 22.1. The predicted molar refractivity (Wildman–Crippen MR) is 110 cm³/mol. The van der Waals surface area contributed by atoms with Crippen LogP contribution in [0.2, 0.25) is 0 Å². The number of aliphatic imine (C=N–C) groups is 1. The van der Waals surface area contributed by atoms with Gasteiger partial charge in [-0.2, -0.15) is 0 Å². The lowest BCUT2D eigenvalue weighted by Crippen LogP contribution is -2.22. The van der Waals surface area contributed by atoms with Crippen LogP contribution in [0.4, 0.5) is 0 Å². The molecule has 1 amide bonds. The van der Waals surface area contributed by atoms with E-state index in [1.54, 1.807) is 18.3 Å². The van der Waals surface area contributed by atoms with Gasteiger partial charge in [-0.05, 0) is 50.8 Å². The van der Waals surface area contributed by atoms with Crippen LogP contribution in [0.1, 0.15) is 45.1 Å². The third-order valence-corrected chi connectivity index (χ3v) is 4.91. The van der Waals surface area contributed by atoms with Crippen LogP contribution in [0, 0.1) is 5.41 Å². The van der Waals surface area contributed by atoms with E-state index in [0.717, 1.165) is 18.1 Å². The Labute approximate surface area is 160 Å². The molecule has 0 aliphatic heterocycles. The third kappa shape index (κ3) is 9.53. The predicted octanol–water partition coefficient (Wildman–Crippen LogP) is 3.59. The van der Waals surface area contributed by atoms with Crippen LogP contribution < -0.4 is 5.73 Å². The number of hydrogen-bond donors (Lipinski definition) is 3. The summed E-state index contributed by atoms with van der Waals surface area (Å²) in [5.41, 5.74) is 5.49. The number of amides is 1. The molecule has 1 aromatic carbocycles. The molecule has 26 heavy (non-hydrogen) atoms. The molecule has 1 saturated carbocycles. The van der Waals surface area contributed by atoms with Crippen molar-refractivity contribution in [3.05, 3.63) is 42.0 Å². The van der Waals surface area contributed by atoms with E-state index in [9.17, 15) is 4.79 Å². The molecule has 2 rings (SSSR count). The lowest BCUT2D eigenvalue weighted by molar-refractivity contribution is -0.112. The molecule has 142 valence electrons. The summed E-state index contributed by atoms with van der Waals surface area (Å²) < 4.78 is 0. The first-order chi connectivity index (χ1) is 12.5. The normalized spacial score (nSPS) is 14.9. The van der Waals surface area contributed by atoms with Gasteiger partial charge in [0, 0.05) is 34.6 Å². The number of benzene rings is 1. The van der Waals surface area contributed by atoms with Crippen molar-refractivity contribution in [3.63, 3.8) is 0 Å². The van der Waals surface area contributed by atoms with E-state index in [4.69, 9.17) is 16.2 Å². The molecular weight excluding hydrogens is 346 g/mol. The Morgan fingerprint density at radius 1 is 1.42 bits per heavy atom. The number of carbonyl (C=O) groups is 1. The number of aliphatic hydroxyl groups is 1. The molecule has 1 aromatic rings. The Kier molecular flexibility index (Phi) is 10.6. The summed E-state index contributed by atoms with van der Waals surface area (Å²) in [6, 6.07) is 7.67. The van der Waals surface area contributed by atoms with Gasteiger partial charge in [0.1, 0.15) is 5.71 Å². The zero-order chi connectivity index (χ0) is 19.4. The van der Waals surface area contributed by atoms with Crippen LogP contribution in [0.25, 0.3) is 0 Å². The SMILES string of the molecule is CC/C=C\C=NC(C)CCO.N=C(C(N)=O)c1ccc(SC2CC2)cc1. The maximum atomic E-state index is 10.8. The summed E-state index contributed by atoms with van der Waals surface area (Å²) in [6.45, 7) is 4.30. The quantitative estimate of drug-likeness (QED) is 0.575. The van der Waals surface area contributed by atoms with Crippen molar-refractivity contribution in [2.24, 2.45) is 10.7 Å². The molecule has 6 heteroatoms. The van der Waals surface area contributed by atoms with Gasteiger partial charge in [0.05, 0.1) is 0 Å². The van der Waals surface area contributed by atoms with Gasteiger partial charge in [-0.15, -0.1) is 11.8 Å². The van der Waals surface area contributed by atoms with Crippen LogP contribution >= 0.6 is 11.8 Å². The molecular formula is C20H29N3O2S. The standard InChI is InChI=1S/C11H12N2OS.C9H17NO/c12-10(11(13)14)7-1-3-8(4-2-7)15-9-5-6-9;1-3-4-5-7-10-9(2)6-8-11/h1-4,9,12H,5-6H2,(H2,13,14);4-5,7,9,11H,3,6,8H2,1-2H3/b;5-4-,10-7?. The number of rotatable bonds is 9. The van der Waals surface area contributed by atoms with Crippen LogP contribution in [0.15, 0.2) is 46.3 Å². The van der Waals surface area contributed by atoms with Crippen molar-refractivity contribution in [3.8, 4) is 0 Å². The number of hydrogen-bond acceptors (Lipinski definition) is 5. The van der Waals surface area contributed by atoms with Gasteiger partial charge < -0.3 is 10.8 Å². The summed E-state index contributed by atoms with van der Waals surface area (Å²) in [5, 5.41) is 16.7. The van der Waals surface area contributed by atoms with Crippen molar-refractivity contribution < 1.29 is 9.90 Å². The number of nitrogens with zero attached hydrogens (tertiary/aromatic N) is 1. The van der Waals surface area contributed by atoms with Crippen LogP contribution in [0.3, 0.4) is 0 Å². The second-order valence-corrected chi connectivity index (χ2v) is 7.45. The fraction of sp³-hybridized carbons (Fsp3) is 0.450. The monoisotopic (exact) mass is 375 g/mol. The van der Waals surface area contributed by atoms with E-state index in [1.807, 2.05) is 36.9 Å². The maximum absolute atomic E-state index is 10.8. The summed E-state index contributed by atoms with van der Waals surface area (Å²) in [7, 11) is 0. The van der Waals surface area contributed by atoms with E-state index in [1.165, 1.54) is 17.7 Å².